The van der Waals surface area contributed by atoms with Crippen LogP contribution in [0.3, 0.4) is 0 Å². The Kier molecular flexibility index (Phi) is 7.94. The molecular weight excluding hydrogens is 432 g/mol. The van der Waals surface area contributed by atoms with Gasteiger partial charge in [-0.3, -0.25) is 28.8 Å². The second kappa shape index (κ2) is 9.99. The minimum absolute atomic E-state index is 0.446. The molecule has 2 heterocycles. The van der Waals surface area contributed by atoms with E-state index < -0.39 is 104 Å². The van der Waals surface area contributed by atoms with E-state index in [0.29, 0.717) is 0 Å². The number of carbonyl (C=O) groups is 6. The Morgan fingerprint density at radius 3 is 1.83 bits per heavy atom. The average Bonchev–Trinajstić information content (AvgIpc) is 2.79. The summed E-state index contributed by atoms with van der Waals surface area (Å²) in [6.07, 6.45) is -1.67. The fraction of sp³-hybridized carbons (Fsp3) is 0.500. The second-order valence-corrected chi connectivity index (χ2v) is 8.36. The Bertz CT molecular complexity index is 733. The third-order valence-corrected chi connectivity index (χ3v) is 6.03. The van der Waals surface area contributed by atoms with Gasteiger partial charge in [0.2, 0.25) is 0 Å². The fourth-order valence-corrected chi connectivity index (χ4v) is 4.26. The van der Waals surface area contributed by atoms with Crippen molar-refractivity contribution in [3.8, 4) is 0 Å². The summed E-state index contributed by atoms with van der Waals surface area (Å²) in [4.78, 5) is 69.6. The normalized spacial score (nSPS) is 23.6. The molecule has 0 radical (unpaired) electrons. The molecule has 29 heavy (non-hydrogen) atoms. The highest BCUT2D eigenvalue weighted by Gasteiger charge is 2.54. The lowest BCUT2D eigenvalue weighted by atomic mass is 10.2. The van der Waals surface area contributed by atoms with Crippen LogP contribution in [0.1, 0.15) is 19.3 Å². The number of hydrogen-bond acceptors (Lipinski definition) is 15. The van der Waals surface area contributed by atoms with Crippen LogP contribution in [0.25, 0.3) is 0 Å². The molecule has 0 spiro atoms. The molecule has 2 aliphatic heterocycles. The smallest absolute Gasteiger partial charge is 0.551 e. The van der Waals surface area contributed by atoms with Crippen molar-refractivity contribution in [2.75, 3.05) is 0 Å². The van der Waals surface area contributed by atoms with Crippen LogP contribution < -0.4 is 17.2 Å². The molecule has 3 atom stereocenters. The maximum atomic E-state index is 11.9. The van der Waals surface area contributed by atoms with Crippen molar-refractivity contribution in [2.45, 2.75) is 37.4 Å². The quantitative estimate of drug-likeness (QED) is 0.336. The van der Waals surface area contributed by atoms with E-state index >= 15 is 0 Å². The number of rotatable bonds is 5. The van der Waals surface area contributed by atoms with Gasteiger partial charge in [0.15, 0.2) is 0 Å². The summed E-state index contributed by atoms with van der Waals surface area (Å²) in [7, 11) is 0. The molecule has 2 saturated heterocycles. The molecule has 2 fully saturated rings. The Morgan fingerprint density at radius 2 is 1.34 bits per heavy atom. The van der Waals surface area contributed by atoms with Gasteiger partial charge in [0.1, 0.15) is 18.1 Å². The standard InChI is InChI=1S/3C4H7NO4.2Al/c3*5-2(4(8)9)1-3(6)7;;/h3*2H,1,5H2,(H,6,7)(H,8,9);;/q;;;2*+3/p-6/t3*2-;;/m110../s1. The molecule has 156 valence electrons. The van der Waals surface area contributed by atoms with Crippen LogP contribution in [0, 0.1) is 0 Å². The molecule has 0 aromatic carbocycles. The zero-order valence-corrected chi connectivity index (χ0v) is 16.9. The van der Waals surface area contributed by atoms with Gasteiger partial charge in [0.05, 0.1) is 19.3 Å². The lowest BCUT2D eigenvalue weighted by molar-refractivity contribution is -0.151. The van der Waals surface area contributed by atoms with Crippen LogP contribution in [0.15, 0.2) is 0 Å². The van der Waals surface area contributed by atoms with Gasteiger partial charge in [0.25, 0.3) is 35.8 Å². The topological polar surface area (TPSA) is 236 Å². The van der Waals surface area contributed by atoms with Gasteiger partial charge in [-0.05, 0) is 0 Å². The van der Waals surface area contributed by atoms with Gasteiger partial charge in [-0.1, -0.05) is 0 Å². The first-order valence-electron chi connectivity index (χ1n) is 8.02. The molecule has 2 aliphatic rings. The summed E-state index contributed by atoms with van der Waals surface area (Å²) in [5.41, 5.74) is 16.2. The van der Waals surface area contributed by atoms with Gasteiger partial charge in [-0.2, -0.15) is 0 Å². The van der Waals surface area contributed by atoms with E-state index in [2.05, 4.69) is 11.4 Å². The predicted octanol–water partition coefficient (Wildman–Crippen LogP) is -4.61. The van der Waals surface area contributed by atoms with E-state index in [1.165, 1.54) is 0 Å². The van der Waals surface area contributed by atoms with E-state index in [9.17, 15) is 28.8 Å². The predicted molar refractivity (Wildman–Crippen MR) is 85.8 cm³/mol. The molecule has 15 nitrogen and oxygen atoms in total. The first-order valence-corrected chi connectivity index (χ1v) is 10.8. The van der Waals surface area contributed by atoms with E-state index in [4.69, 9.17) is 28.6 Å². The zero-order chi connectivity index (χ0) is 21.7. The SMILES string of the molecule is N[C@@H]1CC(=O)[O][Al]([O]C(=O)C[C@H](N)C(=O)[O][Al]2[O]C(=O)C[C@@H](N)C(=O)[O]2)[O]C1=O. The highest BCUT2D eigenvalue weighted by atomic mass is 27.3. The van der Waals surface area contributed by atoms with Gasteiger partial charge >= 0.3 is 30.3 Å². The number of carbonyl (C=O) groups excluding carboxylic acids is 6. The summed E-state index contributed by atoms with van der Waals surface area (Å²) in [6, 6.07) is -4.12. The molecule has 6 N–H and O–H groups in total. The fourth-order valence-electron chi connectivity index (χ4n) is 1.95. The average molecular weight is 447 g/mol. The molecule has 0 saturated carbocycles. The van der Waals surface area contributed by atoms with Crippen molar-refractivity contribution in [1.82, 2.24) is 0 Å². The third-order valence-electron chi connectivity index (χ3n) is 3.39. The van der Waals surface area contributed by atoms with Crippen molar-refractivity contribution in [1.29, 1.82) is 0 Å². The maximum Gasteiger partial charge on any atom is 1.20 e. The number of nitrogens with two attached hydrogens (primary N) is 3. The van der Waals surface area contributed by atoms with E-state index in [-0.39, 0.29) is 0 Å². The first kappa shape index (κ1) is 23.0. The largest absolute Gasteiger partial charge is 1.20 e. The molecule has 0 unspecified atom stereocenters. The first-order chi connectivity index (χ1) is 13.5. The summed E-state index contributed by atoms with van der Waals surface area (Å²) in [5.74, 6) is -6.13. The molecule has 0 amide bonds. The van der Waals surface area contributed by atoms with Crippen LogP contribution in [0.2, 0.25) is 0 Å². The Balaban J connectivity index is 1.86. The van der Waals surface area contributed by atoms with Crippen molar-refractivity contribution in [3.63, 3.8) is 0 Å². The zero-order valence-electron chi connectivity index (χ0n) is 14.6. The van der Waals surface area contributed by atoms with Crippen molar-refractivity contribution in [3.05, 3.63) is 0 Å². The second-order valence-electron chi connectivity index (χ2n) is 5.79. The Labute approximate surface area is 172 Å². The number of hydrogen-bond donors (Lipinski definition) is 3. The van der Waals surface area contributed by atoms with E-state index in [1.807, 2.05) is 0 Å². The van der Waals surface area contributed by atoms with Crippen molar-refractivity contribution >= 4 is 66.1 Å². The van der Waals surface area contributed by atoms with Crippen LogP contribution in [0.4, 0.5) is 0 Å². The third kappa shape index (κ3) is 6.95. The molecule has 0 aromatic heterocycles. The summed E-state index contributed by atoms with van der Waals surface area (Å²) in [5, 5.41) is 0. The van der Waals surface area contributed by atoms with Gasteiger partial charge < -0.3 is 39.9 Å². The van der Waals surface area contributed by atoms with Gasteiger partial charge in [-0.25, -0.2) is 0 Å². The summed E-state index contributed by atoms with van der Waals surface area (Å²) >= 11 is -7.08. The van der Waals surface area contributed by atoms with Crippen molar-refractivity contribution in [2.24, 2.45) is 17.2 Å². The lowest BCUT2D eigenvalue weighted by Gasteiger charge is -2.15. The lowest BCUT2D eigenvalue weighted by Crippen LogP contribution is -2.43. The van der Waals surface area contributed by atoms with Crippen LogP contribution in [0.5, 0.6) is 0 Å². The molecule has 17 heteroatoms. The molecular formula is C12H15Al2N3O12. The molecule has 0 aliphatic carbocycles. The molecule has 0 aromatic rings. The molecule has 0 bridgehead atoms. The van der Waals surface area contributed by atoms with E-state index in [0.717, 1.165) is 0 Å². The van der Waals surface area contributed by atoms with Crippen LogP contribution in [-0.2, 0) is 51.5 Å². The Hall–Kier alpha value is -2.24. The van der Waals surface area contributed by atoms with Gasteiger partial charge in [-0.15, -0.1) is 0 Å². The highest BCUT2D eigenvalue weighted by Crippen LogP contribution is 2.10. The molecule has 2 rings (SSSR count). The Morgan fingerprint density at radius 1 is 0.897 bits per heavy atom. The monoisotopic (exact) mass is 447 g/mol. The van der Waals surface area contributed by atoms with Crippen LogP contribution in [-0.4, -0.2) is 84.2 Å². The van der Waals surface area contributed by atoms with Crippen LogP contribution >= 0.6 is 0 Å². The summed E-state index contributed by atoms with van der Waals surface area (Å²) in [6.45, 7) is 0. The maximum absolute atomic E-state index is 11.9. The van der Waals surface area contributed by atoms with E-state index in [1.54, 1.807) is 0 Å². The minimum atomic E-state index is -3.56. The van der Waals surface area contributed by atoms with Gasteiger partial charge in [0, 0.05) is 0 Å². The summed E-state index contributed by atoms with van der Waals surface area (Å²) < 4.78 is 28.2. The van der Waals surface area contributed by atoms with Crippen molar-refractivity contribution < 1.29 is 51.5 Å². The minimum Gasteiger partial charge on any atom is -0.551 e. The highest BCUT2D eigenvalue weighted by molar-refractivity contribution is 6.45.